The Labute approximate surface area is 95.0 Å². The molecule has 2 fully saturated rings. The number of carboxylic acids is 1. The number of rotatable bonds is 3. The third-order valence-corrected chi connectivity index (χ3v) is 3.36. The monoisotopic (exact) mass is 226 g/mol. The molecular weight excluding hydrogens is 208 g/mol. The molecular formula is C11H18N2O3. The highest BCUT2D eigenvalue weighted by Gasteiger charge is 2.40. The van der Waals surface area contributed by atoms with E-state index < -0.39 is 12.0 Å². The van der Waals surface area contributed by atoms with E-state index in [4.69, 9.17) is 5.11 Å². The third kappa shape index (κ3) is 1.99. The van der Waals surface area contributed by atoms with Gasteiger partial charge in [0.1, 0.15) is 6.04 Å². The molecule has 1 heterocycles. The standard InChI is InChI=1S/C11H18N2O3/c1-2-12(8-5-6-8)11(16)13-7-3-4-9(13)10(14)15/h8-9H,2-7H2,1H3,(H,14,15)/t9-/m1/s1. The zero-order valence-corrected chi connectivity index (χ0v) is 9.56. The molecule has 5 nitrogen and oxygen atoms in total. The molecule has 5 heteroatoms. The van der Waals surface area contributed by atoms with Crippen molar-refractivity contribution >= 4 is 12.0 Å². The fourth-order valence-corrected chi connectivity index (χ4v) is 2.35. The number of hydrogen-bond donors (Lipinski definition) is 1. The van der Waals surface area contributed by atoms with Crippen LogP contribution < -0.4 is 0 Å². The summed E-state index contributed by atoms with van der Waals surface area (Å²) in [5.41, 5.74) is 0. The lowest BCUT2D eigenvalue weighted by Crippen LogP contribution is -2.48. The van der Waals surface area contributed by atoms with Crippen molar-refractivity contribution in [3.63, 3.8) is 0 Å². The Kier molecular flexibility index (Phi) is 3.03. The van der Waals surface area contributed by atoms with E-state index in [-0.39, 0.29) is 6.03 Å². The first-order valence-corrected chi connectivity index (χ1v) is 5.95. The van der Waals surface area contributed by atoms with Gasteiger partial charge >= 0.3 is 12.0 Å². The van der Waals surface area contributed by atoms with Gasteiger partial charge in [-0.2, -0.15) is 0 Å². The Morgan fingerprint density at radius 2 is 2.06 bits per heavy atom. The average molecular weight is 226 g/mol. The number of aliphatic carboxylic acids is 1. The smallest absolute Gasteiger partial charge is 0.326 e. The van der Waals surface area contributed by atoms with Crippen LogP contribution in [0.3, 0.4) is 0 Å². The first-order chi connectivity index (χ1) is 7.65. The molecule has 0 bridgehead atoms. The number of amides is 2. The highest BCUT2D eigenvalue weighted by atomic mass is 16.4. The summed E-state index contributed by atoms with van der Waals surface area (Å²) in [6.45, 7) is 3.20. The van der Waals surface area contributed by atoms with Crippen molar-refractivity contribution in [2.45, 2.75) is 44.7 Å². The van der Waals surface area contributed by atoms with Gasteiger partial charge in [0.15, 0.2) is 0 Å². The van der Waals surface area contributed by atoms with Gasteiger partial charge in [0.2, 0.25) is 0 Å². The maximum atomic E-state index is 12.2. The van der Waals surface area contributed by atoms with E-state index in [0.29, 0.717) is 25.6 Å². The summed E-state index contributed by atoms with van der Waals surface area (Å²) < 4.78 is 0. The molecule has 1 N–H and O–H groups in total. The number of carbonyl (C=O) groups excluding carboxylic acids is 1. The van der Waals surface area contributed by atoms with Crippen LogP contribution in [0.4, 0.5) is 4.79 Å². The number of carbonyl (C=O) groups is 2. The van der Waals surface area contributed by atoms with Crippen LogP contribution in [-0.2, 0) is 4.79 Å². The highest BCUT2D eigenvalue weighted by molar-refractivity contribution is 5.83. The van der Waals surface area contributed by atoms with Crippen LogP contribution in [0.1, 0.15) is 32.6 Å². The average Bonchev–Trinajstić information content (AvgIpc) is 2.95. The minimum Gasteiger partial charge on any atom is -0.480 e. The maximum Gasteiger partial charge on any atom is 0.326 e. The Hall–Kier alpha value is -1.26. The molecule has 0 spiro atoms. The fraction of sp³-hybridized carbons (Fsp3) is 0.818. The van der Waals surface area contributed by atoms with E-state index in [9.17, 15) is 9.59 Å². The Bertz CT molecular complexity index is 302. The second-order valence-corrected chi connectivity index (χ2v) is 4.49. The summed E-state index contributed by atoms with van der Waals surface area (Å²) in [5.74, 6) is -0.877. The van der Waals surface area contributed by atoms with E-state index in [1.807, 2.05) is 6.92 Å². The first-order valence-electron chi connectivity index (χ1n) is 5.95. The Balaban J connectivity index is 2.04. The van der Waals surface area contributed by atoms with Gasteiger partial charge in [-0.3, -0.25) is 0 Å². The van der Waals surface area contributed by atoms with Crippen molar-refractivity contribution < 1.29 is 14.7 Å². The number of likely N-dealkylation sites (tertiary alicyclic amines) is 1. The normalized spacial score (nSPS) is 24.6. The van der Waals surface area contributed by atoms with Crippen LogP contribution >= 0.6 is 0 Å². The zero-order chi connectivity index (χ0) is 11.7. The largest absolute Gasteiger partial charge is 0.480 e. The van der Waals surface area contributed by atoms with Crippen molar-refractivity contribution in [3.05, 3.63) is 0 Å². The lowest BCUT2D eigenvalue weighted by Gasteiger charge is -2.29. The fourth-order valence-electron chi connectivity index (χ4n) is 2.35. The second-order valence-electron chi connectivity index (χ2n) is 4.49. The summed E-state index contributed by atoms with van der Waals surface area (Å²) in [5, 5.41) is 9.03. The van der Waals surface area contributed by atoms with E-state index in [0.717, 1.165) is 19.3 Å². The second kappa shape index (κ2) is 4.31. The van der Waals surface area contributed by atoms with Crippen molar-refractivity contribution in [2.24, 2.45) is 0 Å². The van der Waals surface area contributed by atoms with Crippen LogP contribution in [-0.4, -0.2) is 52.1 Å². The van der Waals surface area contributed by atoms with Crippen LogP contribution in [0.2, 0.25) is 0 Å². The quantitative estimate of drug-likeness (QED) is 0.785. The summed E-state index contributed by atoms with van der Waals surface area (Å²) in [4.78, 5) is 26.5. The summed E-state index contributed by atoms with van der Waals surface area (Å²) in [6, 6.07) is -0.345. The molecule has 2 rings (SSSR count). The molecule has 1 saturated heterocycles. The molecule has 1 aliphatic heterocycles. The molecule has 0 aromatic carbocycles. The number of urea groups is 1. The molecule has 0 radical (unpaired) electrons. The van der Waals surface area contributed by atoms with Crippen molar-refractivity contribution in [3.8, 4) is 0 Å². The van der Waals surface area contributed by atoms with Crippen molar-refractivity contribution in [2.75, 3.05) is 13.1 Å². The van der Waals surface area contributed by atoms with Gasteiger partial charge in [-0.15, -0.1) is 0 Å². The summed E-state index contributed by atoms with van der Waals surface area (Å²) in [6.07, 6.45) is 3.50. The van der Waals surface area contributed by atoms with Gasteiger partial charge in [0.05, 0.1) is 0 Å². The number of carboxylic acid groups (broad SMARTS) is 1. The van der Waals surface area contributed by atoms with Gasteiger partial charge in [-0.25, -0.2) is 9.59 Å². The van der Waals surface area contributed by atoms with Crippen LogP contribution in [0, 0.1) is 0 Å². The van der Waals surface area contributed by atoms with Crippen LogP contribution in [0.15, 0.2) is 0 Å². The van der Waals surface area contributed by atoms with E-state index in [2.05, 4.69) is 0 Å². The van der Waals surface area contributed by atoms with Gasteiger partial charge in [-0.05, 0) is 32.6 Å². The Morgan fingerprint density at radius 1 is 1.38 bits per heavy atom. The summed E-state index contributed by atoms with van der Waals surface area (Å²) in [7, 11) is 0. The molecule has 0 aromatic heterocycles. The van der Waals surface area contributed by atoms with E-state index in [1.54, 1.807) is 4.90 Å². The molecule has 2 aliphatic rings. The molecule has 16 heavy (non-hydrogen) atoms. The van der Waals surface area contributed by atoms with Crippen LogP contribution in [0.25, 0.3) is 0 Å². The van der Waals surface area contributed by atoms with Gasteiger partial charge < -0.3 is 14.9 Å². The molecule has 1 atom stereocenters. The van der Waals surface area contributed by atoms with E-state index >= 15 is 0 Å². The molecule has 1 aliphatic carbocycles. The lowest BCUT2D eigenvalue weighted by molar-refractivity contribution is -0.141. The maximum absolute atomic E-state index is 12.2. The Morgan fingerprint density at radius 3 is 2.56 bits per heavy atom. The lowest BCUT2D eigenvalue weighted by atomic mass is 10.2. The molecule has 0 unspecified atom stereocenters. The minimum atomic E-state index is -0.877. The molecule has 0 aromatic rings. The van der Waals surface area contributed by atoms with Gasteiger partial charge in [0, 0.05) is 19.1 Å². The van der Waals surface area contributed by atoms with Gasteiger partial charge in [-0.1, -0.05) is 0 Å². The zero-order valence-electron chi connectivity index (χ0n) is 9.56. The van der Waals surface area contributed by atoms with E-state index in [1.165, 1.54) is 4.90 Å². The predicted molar refractivity (Wildman–Crippen MR) is 58.2 cm³/mol. The van der Waals surface area contributed by atoms with Crippen molar-refractivity contribution in [1.82, 2.24) is 9.80 Å². The van der Waals surface area contributed by atoms with Crippen molar-refractivity contribution in [1.29, 1.82) is 0 Å². The SMILES string of the molecule is CCN(C(=O)N1CCC[C@@H]1C(=O)O)C1CC1. The first kappa shape index (κ1) is 11.2. The van der Waals surface area contributed by atoms with Crippen LogP contribution in [0.5, 0.6) is 0 Å². The number of nitrogens with zero attached hydrogens (tertiary/aromatic N) is 2. The number of hydrogen-bond acceptors (Lipinski definition) is 2. The third-order valence-electron chi connectivity index (χ3n) is 3.36. The van der Waals surface area contributed by atoms with Gasteiger partial charge in [0.25, 0.3) is 0 Å². The summed E-state index contributed by atoms with van der Waals surface area (Å²) >= 11 is 0. The topological polar surface area (TPSA) is 60.9 Å². The predicted octanol–water partition coefficient (Wildman–Crippen LogP) is 1.14. The molecule has 2 amide bonds. The highest BCUT2D eigenvalue weighted by Crippen LogP contribution is 2.29. The minimum absolute atomic E-state index is 0.0881. The molecule has 90 valence electrons. The molecule has 1 saturated carbocycles.